The lowest BCUT2D eigenvalue weighted by atomic mass is 10.2. The third-order valence-corrected chi connectivity index (χ3v) is 3.65. The van der Waals surface area contributed by atoms with Crippen LogP contribution < -0.4 is 10.6 Å². The quantitative estimate of drug-likeness (QED) is 0.766. The molecule has 0 aromatic carbocycles. The van der Waals surface area contributed by atoms with Crippen LogP contribution in [0.25, 0.3) is 0 Å². The van der Waals surface area contributed by atoms with Gasteiger partial charge in [-0.2, -0.15) is 5.26 Å². The molecule has 2 N–H and O–H groups in total. The number of nitrogens with zero attached hydrogens (tertiary/aromatic N) is 2. The van der Waals surface area contributed by atoms with Gasteiger partial charge >= 0.3 is 0 Å². The van der Waals surface area contributed by atoms with Gasteiger partial charge in [0.15, 0.2) is 0 Å². The van der Waals surface area contributed by atoms with Crippen LogP contribution in [-0.4, -0.2) is 12.6 Å². The first kappa shape index (κ1) is 9.35. The monoisotopic (exact) mass is 207 g/mol. The standard InChI is InChI=1S/C10H13N3S/c1-6(2)13-4-3-8-9(13)7(5-11)10(12)14-8/h6H,3-4,12H2,1-2H3. The van der Waals surface area contributed by atoms with Crippen LogP contribution in [0.1, 0.15) is 24.3 Å². The SMILES string of the molecule is CC(C)N1CCc2sc(N)c(C#N)c21. The number of hydrogen-bond acceptors (Lipinski definition) is 4. The van der Waals surface area contributed by atoms with Gasteiger partial charge in [0.05, 0.1) is 5.69 Å². The van der Waals surface area contributed by atoms with Gasteiger partial charge in [0, 0.05) is 23.9 Å². The molecule has 3 nitrogen and oxygen atoms in total. The number of fused-ring (bicyclic) bond motifs is 1. The zero-order valence-electron chi connectivity index (χ0n) is 8.37. The van der Waals surface area contributed by atoms with Crippen LogP contribution in [0.3, 0.4) is 0 Å². The summed E-state index contributed by atoms with van der Waals surface area (Å²) in [5.74, 6) is 0. The summed E-state index contributed by atoms with van der Waals surface area (Å²) in [5.41, 5.74) is 7.56. The Balaban J connectivity index is 2.52. The number of hydrogen-bond donors (Lipinski definition) is 1. The van der Waals surface area contributed by atoms with Gasteiger partial charge in [0.1, 0.15) is 16.6 Å². The summed E-state index contributed by atoms with van der Waals surface area (Å²) in [7, 11) is 0. The van der Waals surface area contributed by atoms with Crippen molar-refractivity contribution in [3.05, 3.63) is 10.4 Å². The highest BCUT2D eigenvalue weighted by molar-refractivity contribution is 7.16. The van der Waals surface area contributed by atoms with Crippen LogP contribution in [0.5, 0.6) is 0 Å². The molecule has 14 heavy (non-hydrogen) atoms. The Morgan fingerprint density at radius 1 is 1.57 bits per heavy atom. The van der Waals surface area contributed by atoms with E-state index in [4.69, 9.17) is 11.0 Å². The molecule has 0 bridgehead atoms. The molecule has 0 unspecified atom stereocenters. The molecule has 0 spiro atoms. The summed E-state index contributed by atoms with van der Waals surface area (Å²) < 4.78 is 0. The molecule has 1 aliphatic heterocycles. The zero-order chi connectivity index (χ0) is 10.3. The topological polar surface area (TPSA) is 53.0 Å². The fourth-order valence-electron chi connectivity index (χ4n) is 1.92. The van der Waals surface area contributed by atoms with E-state index in [1.165, 1.54) is 4.88 Å². The molecular weight excluding hydrogens is 194 g/mol. The Hall–Kier alpha value is -1.21. The van der Waals surface area contributed by atoms with E-state index in [2.05, 4.69) is 24.8 Å². The maximum atomic E-state index is 9.02. The first-order chi connectivity index (χ1) is 6.65. The van der Waals surface area contributed by atoms with E-state index in [0.717, 1.165) is 18.7 Å². The summed E-state index contributed by atoms with van der Waals surface area (Å²) in [6.45, 7) is 5.31. The smallest absolute Gasteiger partial charge is 0.110 e. The lowest BCUT2D eigenvalue weighted by molar-refractivity contribution is 0.710. The van der Waals surface area contributed by atoms with Crippen LogP contribution in [0.4, 0.5) is 10.7 Å². The highest BCUT2D eigenvalue weighted by Gasteiger charge is 2.28. The summed E-state index contributed by atoms with van der Waals surface area (Å²) in [4.78, 5) is 3.54. The van der Waals surface area contributed by atoms with Crippen LogP contribution in [0.15, 0.2) is 0 Å². The predicted molar refractivity (Wildman–Crippen MR) is 59.6 cm³/mol. The summed E-state index contributed by atoms with van der Waals surface area (Å²) in [5, 5.41) is 9.69. The molecule has 0 saturated carbocycles. The second-order valence-electron chi connectivity index (χ2n) is 3.76. The fraction of sp³-hybridized carbons (Fsp3) is 0.500. The molecule has 4 heteroatoms. The first-order valence-corrected chi connectivity index (χ1v) is 5.54. The molecule has 0 radical (unpaired) electrons. The van der Waals surface area contributed by atoms with Crippen molar-refractivity contribution in [1.82, 2.24) is 0 Å². The Kier molecular flexibility index (Phi) is 2.12. The number of nitrogens with two attached hydrogens (primary N) is 1. The van der Waals surface area contributed by atoms with Gasteiger partial charge < -0.3 is 10.6 Å². The number of thiophene rings is 1. The van der Waals surface area contributed by atoms with Crippen molar-refractivity contribution >= 4 is 22.0 Å². The Morgan fingerprint density at radius 3 is 2.86 bits per heavy atom. The van der Waals surface area contributed by atoms with Gasteiger partial charge in [0.2, 0.25) is 0 Å². The van der Waals surface area contributed by atoms with Crippen molar-refractivity contribution in [3.8, 4) is 6.07 Å². The van der Waals surface area contributed by atoms with Crippen molar-refractivity contribution in [2.45, 2.75) is 26.3 Å². The lowest BCUT2D eigenvalue weighted by Gasteiger charge is -2.23. The number of anilines is 2. The molecule has 0 aliphatic carbocycles. The normalized spacial score (nSPS) is 14.6. The molecule has 2 heterocycles. The van der Waals surface area contributed by atoms with E-state index in [-0.39, 0.29) is 0 Å². The van der Waals surface area contributed by atoms with Gasteiger partial charge in [-0.05, 0) is 13.8 Å². The third kappa shape index (κ3) is 1.17. The average Bonchev–Trinajstić information content (AvgIpc) is 2.61. The molecule has 74 valence electrons. The maximum Gasteiger partial charge on any atom is 0.110 e. The van der Waals surface area contributed by atoms with Crippen LogP contribution in [-0.2, 0) is 6.42 Å². The van der Waals surface area contributed by atoms with Gasteiger partial charge in [-0.1, -0.05) is 0 Å². The second-order valence-corrected chi connectivity index (χ2v) is 4.90. The summed E-state index contributed by atoms with van der Waals surface area (Å²) >= 11 is 1.56. The minimum absolute atomic E-state index is 0.442. The van der Waals surface area contributed by atoms with Gasteiger partial charge in [-0.3, -0.25) is 0 Å². The highest BCUT2D eigenvalue weighted by atomic mass is 32.1. The van der Waals surface area contributed by atoms with Crippen LogP contribution >= 0.6 is 11.3 Å². The Bertz CT molecular complexity index is 400. The van der Waals surface area contributed by atoms with Crippen molar-refractivity contribution < 1.29 is 0 Å². The molecule has 0 amide bonds. The molecule has 0 saturated heterocycles. The Morgan fingerprint density at radius 2 is 2.29 bits per heavy atom. The van der Waals surface area contributed by atoms with Crippen LogP contribution in [0.2, 0.25) is 0 Å². The van der Waals surface area contributed by atoms with E-state index in [0.29, 0.717) is 16.6 Å². The maximum absolute atomic E-state index is 9.02. The third-order valence-electron chi connectivity index (χ3n) is 2.58. The summed E-state index contributed by atoms with van der Waals surface area (Å²) in [6.07, 6.45) is 1.03. The van der Waals surface area contributed by atoms with Crippen LogP contribution in [0, 0.1) is 11.3 Å². The van der Waals surface area contributed by atoms with Crippen molar-refractivity contribution in [2.24, 2.45) is 0 Å². The largest absolute Gasteiger partial charge is 0.389 e. The number of nitriles is 1. The van der Waals surface area contributed by atoms with Crippen molar-refractivity contribution in [2.75, 3.05) is 17.2 Å². The second kappa shape index (κ2) is 3.18. The minimum atomic E-state index is 0.442. The molecular formula is C10H13N3S. The lowest BCUT2D eigenvalue weighted by Crippen LogP contribution is -2.28. The van der Waals surface area contributed by atoms with E-state index in [9.17, 15) is 0 Å². The van der Waals surface area contributed by atoms with Crippen molar-refractivity contribution in [3.63, 3.8) is 0 Å². The minimum Gasteiger partial charge on any atom is -0.389 e. The molecule has 0 atom stereocenters. The molecule has 0 fully saturated rings. The van der Waals surface area contributed by atoms with E-state index < -0.39 is 0 Å². The van der Waals surface area contributed by atoms with E-state index in [1.807, 2.05) is 0 Å². The van der Waals surface area contributed by atoms with E-state index in [1.54, 1.807) is 11.3 Å². The zero-order valence-corrected chi connectivity index (χ0v) is 9.19. The van der Waals surface area contributed by atoms with Gasteiger partial charge in [0.25, 0.3) is 0 Å². The number of nitrogen functional groups attached to an aromatic ring is 1. The van der Waals surface area contributed by atoms with Gasteiger partial charge in [-0.15, -0.1) is 11.3 Å². The summed E-state index contributed by atoms with van der Waals surface area (Å²) in [6, 6.07) is 2.65. The van der Waals surface area contributed by atoms with Gasteiger partial charge in [-0.25, -0.2) is 0 Å². The fourth-order valence-corrected chi connectivity index (χ4v) is 2.94. The molecule has 1 aromatic rings. The molecule has 1 aliphatic rings. The van der Waals surface area contributed by atoms with Crippen molar-refractivity contribution in [1.29, 1.82) is 5.26 Å². The average molecular weight is 207 g/mol. The first-order valence-electron chi connectivity index (χ1n) is 4.73. The predicted octanol–water partition coefficient (Wildman–Crippen LogP) is 1.97. The highest BCUT2D eigenvalue weighted by Crippen LogP contribution is 2.42. The van der Waals surface area contributed by atoms with E-state index >= 15 is 0 Å². The molecule has 1 aromatic heterocycles. The Labute approximate surface area is 87.7 Å². The number of rotatable bonds is 1. The molecule has 2 rings (SSSR count).